The third-order valence-corrected chi connectivity index (χ3v) is 6.03. The maximum atomic E-state index is 12.5. The number of aromatic nitrogens is 1. The van der Waals surface area contributed by atoms with Crippen LogP contribution in [0.15, 0.2) is 90.1 Å². The van der Waals surface area contributed by atoms with Crippen molar-refractivity contribution in [2.75, 3.05) is 4.72 Å². The van der Waals surface area contributed by atoms with Crippen molar-refractivity contribution in [3.8, 4) is 6.07 Å². The summed E-state index contributed by atoms with van der Waals surface area (Å²) in [7, 11) is -3.78. The van der Waals surface area contributed by atoms with Crippen LogP contribution >= 0.6 is 0 Å². The first kappa shape index (κ1) is 20.2. The van der Waals surface area contributed by atoms with Crippen molar-refractivity contribution in [2.45, 2.75) is 11.5 Å². The van der Waals surface area contributed by atoms with Gasteiger partial charge < -0.3 is 9.14 Å². The number of esters is 1. The predicted molar refractivity (Wildman–Crippen MR) is 115 cm³/mol. The number of rotatable bonds is 6. The Hall–Kier alpha value is -4.09. The summed E-state index contributed by atoms with van der Waals surface area (Å²) < 4.78 is 34.6. The molecule has 154 valence electrons. The monoisotopic (exact) mass is 431 g/mol. The summed E-state index contributed by atoms with van der Waals surface area (Å²) in [6, 6.07) is 21.6. The zero-order valence-electron chi connectivity index (χ0n) is 16.2. The van der Waals surface area contributed by atoms with Gasteiger partial charge in [-0.1, -0.05) is 30.3 Å². The second-order valence-electron chi connectivity index (χ2n) is 6.71. The molecule has 0 aliphatic carbocycles. The summed E-state index contributed by atoms with van der Waals surface area (Å²) in [5.41, 5.74) is 2.19. The van der Waals surface area contributed by atoms with Crippen molar-refractivity contribution in [2.24, 2.45) is 0 Å². The number of carbonyl (C=O) groups is 1. The van der Waals surface area contributed by atoms with Gasteiger partial charge in [-0.05, 0) is 42.5 Å². The fourth-order valence-electron chi connectivity index (χ4n) is 3.17. The van der Waals surface area contributed by atoms with Gasteiger partial charge in [-0.2, -0.15) is 5.26 Å². The number of nitrogens with one attached hydrogen (secondary N) is 1. The molecule has 0 fully saturated rings. The van der Waals surface area contributed by atoms with Gasteiger partial charge in [0, 0.05) is 23.6 Å². The molecule has 7 nitrogen and oxygen atoms in total. The molecule has 31 heavy (non-hydrogen) atoms. The summed E-state index contributed by atoms with van der Waals surface area (Å²) in [4.78, 5) is 12.6. The average molecular weight is 431 g/mol. The summed E-state index contributed by atoms with van der Waals surface area (Å²) in [6.07, 6.45) is 3.55. The van der Waals surface area contributed by atoms with Crippen molar-refractivity contribution in [1.29, 1.82) is 5.26 Å². The molecule has 0 unspecified atom stereocenters. The normalized spacial score (nSPS) is 11.1. The smallest absolute Gasteiger partial charge is 0.338 e. The van der Waals surface area contributed by atoms with Gasteiger partial charge in [-0.3, -0.25) is 4.72 Å². The minimum atomic E-state index is -3.78. The Balaban J connectivity index is 1.50. The van der Waals surface area contributed by atoms with E-state index in [2.05, 4.69) is 10.8 Å². The molecule has 4 rings (SSSR count). The van der Waals surface area contributed by atoms with Crippen LogP contribution in [0.4, 0.5) is 5.69 Å². The van der Waals surface area contributed by atoms with Crippen molar-refractivity contribution < 1.29 is 17.9 Å². The standard InChI is InChI=1S/C23H17N3O4S/c24-14-21-18(15-26-12-5-4-11-22(21)26)16-30-23(27)17-7-6-8-19(13-17)25-31(28,29)20-9-2-1-3-10-20/h1-13,15,25H,16H2. The number of ether oxygens (including phenoxy) is 1. The number of carbonyl (C=O) groups excluding carboxylic acids is 1. The molecule has 2 aromatic heterocycles. The summed E-state index contributed by atoms with van der Waals surface area (Å²) in [6.45, 7) is -0.0800. The maximum absolute atomic E-state index is 12.5. The summed E-state index contributed by atoms with van der Waals surface area (Å²) >= 11 is 0. The third-order valence-electron chi connectivity index (χ3n) is 4.64. The van der Waals surface area contributed by atoms with Crippen LogP contribution in [0.5, 0.6) is 0 Å². The minimum Gasteiger partial charge on any atom is -0.457 e. The lowest BCUT2D eigenvalue weighted by molar-refractivity contribution is 0.0472. The molecule has 4 aromatic rings. The number of sulfonamides is 1. The quantitative estimate of drug-likeness (QED) is 0.466. The van der Waals surface area contributed by atoms with Crippen LogP contribution in [-0.4, -0.2) is 18.8 Å². The molecular weight excluding hydrogens is 414 g/mol. The van der Waals surface area contributed by atoms with Gasteiger partial charge in [-0.15, -0.1) is 0 Å². The predicted octanol–water partition coefficient (Wildman–Crippen LogP) is 3.97. The third kappa shape index (κ3) is 4.27. The molecule has 0 spiro atoms. The number of nitrogens with zero attached hydrogens (tertiary/aromatic N) is 2. The SMILES string of the molecule is N#Cc1c(COC(=O)c2cccc(NS(=O)(=O)c3ccccc3)c2)cn2ccccc12. The highest BCUT2D eigenvalue weighted by molar-refractivity contribution is 7.92. The van der Waals surface area contributed by atoms with Crippen LogP contribution in [-0.2, 0) is 21.4 Å². The van der Waals surface area contributed by atoms with E-state index in [0.29, 0.717) is 11.1 Å². The van der Waals surface area contributed by atoms with E-state index in [-0.39, 0.29) is 22.8 Å². The molecule has 0 aliphatic rings. The van der Waals surface area contributed by atoms with Crippen LogP contribution in [0, 0.1) is 11.3 Å². The maximum Gasteiger partial charge on any atom is 0.338 e. The highest BCUT2D eigenvalue weighted by Crippen LogP contribution is 2.21. The zero-order chi connectivity index (χ0) is 21.8. The Bertz CT molecular complexity index is 1400. The van der Waals surface area contributed by atoms with Crippen LogP contribution in [0.3, 0.4) is 0 Å². The molecular formula is C23H17N3O4S. The summed E-state index contributed by atoms with van der Waals surface area (Å²) in [5.74, 6) is -0.625. The highest BCUT2D eigenvalue weighted by atomic mass is 32.2. The summed E-state index contributed by atoms with van der Waals surface area (Å²) in [5, 5.41) is 9.46. The first-order valence-electron chi connectivity index (χ1n) is 9.32. The van der Waals surface area contributed by atoms with E-state index < -0.39 is 16.0 Å². The van der Waals surface area contributed by atoms with E-state index in [1.54, 1.807) is 40.9 Å². The van der Waals surface area contributed by atoms with E-state index in [4.69, 9.17) is 4.74 Å². The van der Waals surface area contributed by atoms with Crippen molar-refractivity contribution >= 4 is 27.2 Å². The first-order chi connectivity index (χ1) is 15.0. The fourth-order valence-corrected chi connectivity index (χ4v) is 4.24. The molecule has 0 radical (unpaired) electrons. The molecule has 0 amide bonds. The van der Waals surface area contributed by atoms with Crippen LogP contribution < -0.4 is 4.72 Å². The number of fused-ring (bicyclic) bond motifs is 1. The number of benzene rings is 2. The average Bonchev–Trinajstić information content (AvgIpc) is 3.15. The number of pyridine rings is 1. The lowest BCUT2D eigenvalue weighted by Crippen LogP contribution is -2.13. The second kappa shape index (κ2) is 8.34. The van der Waals surface area contributed by atoms with Crippen molar-refractivity contribution in [3.05, 3.63) is 102 Å². The van der Waals surface area contributed by atoms with Gasteiger partial charge in [0.1, 0.15) is 12.7 Å². The molecule has 1 N–H and O–H groups in total. The molecule has 0 atom stereocenters. The molecule has 0 bridgehead atoms. The zero-order valence-corrected chi connectivity index (χ0v) is 17.0. The Kier molecular flexibility index (Phi) is 5.43. The van der Waals surface area contributed by atoms with Gasteiger partial charge in [0.2, 0.25) is 0 Å². The van der Waals surface area contributed by atoms with Crippen LogP contribution in [0.1, 0.15) is 21.5 Å². The number of hydrogen-bond donors (Lipinski definition) is 1. The Morgan fingerprint density at radius 2 is 1.81 bits per heavy atom. The largest absolute Gasteiger partial charge is 0.457 e. The van der Waals surface area contributed by atoms with Crippen LogP contribution in [0.25, 0.3) is 5.52 Å². The molecule has 2 aromatic carbocycles. The van der Waals surface area contributed by atoms with Gasteiger partial charge in [0.05, 0.1) is 21.5 Å². The first-order valence-corrected chi connectivity index (χ1v) is 10.8. The number of hydrogen-bond acceptors (Lipinski definition) is 5. The molecule has 0 saturated heterocycles. The van der Waals surface area contributed by atoms with Gasteiger partial charge in [-0.25, -0.2) is 13.2 Å². The molecule has 0 saturated carbocycles. The molecule has 8 heteroatoms. The lowest BCUT2D eigenvalue weighted by atomic mass is 10.2. The number of nitriles is 1. The van der Waals surface area contributed by atoms with E-state index >= 15 is 0 Å². The van der Waals surface area contributed by atoms with E-state index in [1.807, 2.05) is 24.4 Å². The second-order valence-corrected chi connectivity index (χ2v) is 8.39. The van der Waals surface area contributed by atoms with Crippen LogP contribution in [0.2, 0.25) is 0 Å². The Labute approximate surface area is 179 Å². The van der Waals surface area contributed by atoms with E-state index in [9.17, 15) is 18.5 Å². The van der Waals surface area contributed by atoms with Gasteiger partial charge in [0.15, 0.2) is 0 Å². The molecule has 2 heterocycles. The Morgan fingerprint density at radius 1 is 1.03 bits per heavy atom. The van der Waals surface area contributed by atoms with E-state index in [0.717, 1.165) is 5.52 Å². The number of anilines is 1. The minimum absolute atomic E-state index is 0.0800. The van der Waals surface area contributed by atoms with E-state index in [1.165, 1.54) is 24.3 Å². The fraction of sp³-hybridized carbons (Fsp3) is 0.0435. The van der Waals surface area contributed by atoms with Crippen molar-refractivity contribution in [3.63, 3.8) is 0 Å². The Morgan fingerprint density at radius 3 is 2.58 bits per heavy atom. The molecule has 0 aliphatic heterocycles. The van der Waals surface area contributed by atoms with Crippen molar-refractivity contribution in [1.82, 2.24) is 4.40 Å². The van der Waals surface area contributed by atoms with Gasteiger partial charge >= 0.3 is 5.97 Å². The highest BCUT2D eigenvalue weighted by Gasteiger charge is 2.16. The topological polar surface area (TPSA) is 101 Å². The lowest BCUT2D eigenvalue weighted by Gasteiger charge is -2.09. The van der Waals surface area contributed by atoms with Gasteiger partial charge in [0.25, 0.3) is 10.0 Å².